The third kappa shape index (κ3) is 3.64. The van der Waals surface area contributed by atoms with Gasteiger partial charge in [-0.15, -0.1) is 11.3 Å². The van der Waals surface area contributed by atoms with Crippen LogP contribution < -0.4 is 5.32 Å². The SMILES string of the molecule is C(=C\c1ccco1)/CNCCc1nccs1. The predicted octanol–water partition coefficient (Wildman–Crippen LogP) is 2.58. The highest BCUT2D eigenvalue weighted by atomic mass is 32.1. The molecule has 2 aromatic heterocycles. The Bertz CT molecular complexity index is 406. The van der Waals surface area contributed by atoms with Crippen molar-refractivity contribution in [1.29, 1.82) is 0 Å². The molecule has 4 heteroatoms. The van der Waals surface area contributed by atoms with Gasteiger partial charge in [-0.1, -0.05) is 6.08 Å². The molecule has 0 radical (unpaired) electrons. The summed E-state index contributed by atoms with van der Waals surface area (Å²) in [6, 6.07) is 3.82. The smallest absolute Gasteiger partial charge is 0.126 e. The van der Waals surface area contributed by atoms with Crippen LogP contribution in [0, 0.1) is 0 Å². The molecule has 0 spiro atoms. The molecule has 0 aliphatic rings. The first-order valence-electron chi connectivity index (χ1n) is 5.24. The molecule has 84 valence electrons. The fourth-order valence-electron chi connectivity index (χ4n) is 1.32. The second-order valence-corrected chi connectivity index (χ2v) is 4.28. The molecule has 16 heavy (non-hydrogen) atoms. The Morgan fingerprint density at radius 1 is 1.50 bits per heavy atom. The van der Waals surface area contributed by atoms with Gasteiger partial charge in [-0.05, 0) is 18.2 Å². The molecule has 0 aliphatic carbocycles. The van der Waals surface area contributed by atoms with Crippen LogP contribution in [-0.4, -0.2) is 18.1 Å². The minimum absolute atomic E-state index is 0.853. The molecule has 0 saturated heterocycles. The van der Waals surface area contributed by atoms with Gasteiger partial charge in [0.2, 0.25) is 0 Å². The average Bonchev–Trinajstić information content (AvgIpc) is 2.96. The maximum absolute atomic E-state index is 5.18. The number of nitrogens with zero attached hydrogens (tertiary/aromatic N) is 1. The summed E-state index contributed by atoms with van der Waals surface area (Å²) in [6.07, 6.45) is 8.54. The first kappa shape index (κ1) is 11.1. The summed E-state index contributed by atoms with van der Waals surface area (Å²) in [5.41, 5.74) is 0. The summed E-state index contributed by atoms with van der Waals surface area (Å²) in [5, 5.41) is 6.51. The number of hydrogen-bond acceptors (Lipinski definition) is 4. The number of nitrogens with one attached hydrogen (secondary N) is 1. The van der Waals surface area contributed by atoms with Crippen LogP contribution in [0.5, 0.6) is 0 Å². The minimum Gasteiger partial charge on any atom is -0.465 e. The molecular formula is C12H14N2OS. The van der Waals surface area contributed by atoms with Crippen LogP contribution in [0.1, 0.15) is 10.8 Å². The molecule has 0 amide bonds. The molecule has 0 bridgehead atoms. The third-order valence-corrected chi connectivity index (χ3v) is 2.93. The van der Waals surface area contributed by atoms with Crippen molar-refractivity contribution in [2.75, 3.05) is 13.1 Å². The van der Waals surface area contributed by atoms with Crippen LogP contribution in [0.2, 0.25) is 0 Å². The first-order valence-corrected chi connectivity index (χ1v) is 6.12. The highest BCUT2D eigenvalue weighted by Crippen LogP contribution is 2.03. The van der Waals surface area contributed by atoms with Crippen molar-refractivity contribution in [3.05, 3.63) is 46.8 Å². The highest BCUT2D eigenvalue weighted by molar-refractivity contribution is 7.09. The molecule has 3 nitrogen and oxygen atoms in total. The molecule has 0 aromatic carbocycles. The largest absolute Gasteiger partial charge is 0.465 e. The van der Waals surface area contributed by atoms with Gasteiger partial charge in [0.05, 0.1) is 11.3 Å². The first-order chi connectivity index (χ1) is 7.95. The number of furan rings is 1. The van der Waals surface area contributed by atoms with Crippen molar-refractivity contribution in [2.24, 2.45) is 0 Å². The summed E-state index contributed by atoms with van der Waals surface area (Å²) in [5.74, 6) is 0.890. The highest BCUT2D eigenvalue weighted by Gasteiger charge is 1.93. The zero-order valence-electron chi connectivity index (χ0n) is 8.93. The summed E-state index contributed by atoms with van der Waals surface area (Å²) >= 11 is 1.70. The van der Waals surface area contributed by atoms with Gasteiger partial charge in [-0.25, -0.2) is 4.98 Å². The lowest BCUT2D eigenvalue weighted by Gasteiger charge is -1.97. The fraction of sp³-hybridized carbons (Fsp3) is 0.250. The maximum atomic E-state index is 5.18. The van der Waals surface area contributed by atoms with Gasteiger partial charge in [0.25, 0.3) is 0 Å². The normalized spacial score (nSPS) is 11.2. The summed E-state index contributed by atoms with van der Waals surface area (Å²) < 4.78 is 5.18. The van der Waals surface area contributed by atoms with Crippen molar-refractivity contribution in [3.8, 4) is 0 Å². The molecule has 2 aromatic rings. The lowest BCUT2D eigenvalue weighted by molar-refractivity contribution is 0.556. The van der Waals surface area contributed by atoms with E-state index in [-0.39, 0.29) is 0 Å². The topological polar surface area (TPSA) is 38.1 Å². The van der Waals surface area contributed by atoms with Crippen LogP contribution in [0.25, 0.3) is 6.08 Å². The van der Waals surface area contributed by atoms with Crippen molar-refractivity contribution < 1.29 is 4.42 Å². The minimum atomic E-state index is 0.853. The predicted molar refractivity (Wildman–Crippen MR) is 66.4 cm³/mol. The van der Waals surface area contributed by atoms with Gasteiger partial charge in [0.15, 0.2) is 0 Å². The zero-order chi connectivity index (χ0) is 11.1. The van der Waals surface area contributed by atoms with E-state index in [0.29, 0.717) is 0 Å². The van der Waals surface area contributed by atoms with Crippen molar-refractivity contribution in [2.45, 2.75) is 6.42 Å². The summed E-state index contributed by atoms with van der Waals surface area (Å²) in [4.78, 5) is 4.22. The third-order valence-electron chi connectivity index (χ3n) is 2.09. The van der Waals surface area contributed by atoms with E-state index in [2.05, 4.69) is 16.4 Å². The lowest BCUT2D eigenvalue weighted by atomic mass is 10.4. The van der Waals surface area contributed by atoms with E-state index in [1.807, 2.05) is 29.8 Å². The van der Waals surface area contributed by atoms with E-state index in [0.717, 1.165) is 25.3 Å². The zero-order valence-corrected chi connectivity index (χ0v) is 9.74. The van der Waals surface area contributed by atoms with E-state index in [1.54, 1.807) is 17.6 Å². The van der Waals surface area contributed by atoms with Gasteiger partial charge < -0.3 is 9.73 Å². The Hall–Kier alpha value is -1.39. The van der Waals surface area contributed by atoms with Gasteiger partial charge >= 0.3 is 0 Å². The van der Waals surface area contributed by atoms with Crippen LogP contribution in [-0.2, 0) is 6.42 Å². The molecule has 1 N–H and O–H groups in total. The quantitative estimate of drug-likeness (QED) is 0.781. The lowest BCUT2D eigenvalue weighted by Crippen LogP contribution is -2.16. The molecule has 0 saturated carbocycles. The van der Waals surface area contributed by atoms with Crippen molar-refractivity contribution >= 4 is 17.4 Å². The molecule has 0 unspecified atom stereocenters. The Labute approximate surface area is 98.8 Å². The summed E-state index contributed by atoms with van der Waals surface area (Å²) in [6.45, 7) is 1.81. The van der Waals surface area contributed by atoms with Crippen LogP contribution in [0.3, 0.4) is 0 Å². The molecular weight excluding hydrogens is 220 g/mol. The van der Waals surface area contributed by atoms with Crippen LogP contribution in [0.15, 0.2) is 40.5 Å². The number of hydrogen-bond donors (Lipinski definition) is 1. The fourth-order valence-corrected chi connectivity index (χ4v) is 1.94. The molecule has 0 atom stereocenters. The van der Waals surface area contributed by atoms with Gasteiger partial charge in [0, 0.05) is 31.1 Å². The van der Waals surface area contributed by atoms with E-state index in [4.69, 9.17) is 4.42 Å². The molecule has 0 aliphatic heterocycles. The number of thiazole rings is 1. The Morgan fingerprint density at radius 3 is 3.25 bits per heavy atom. The molecule has 0 fully saturated rings. The van der Waals surface area contributed by atoms with Gasteiger partial charge in [-0.3, -0.25) is 0 Å². The van der Waals surface area contributed by atoms with Crippen molar-refractivity contribution in [1.82, 2.24) is 10.3 Å². The van der Waals surface area contributed by atoms with Crippen LogP contribution >= 0.6 is 11.3 Å². The van der Waals surface area contributed by atoms with Crippen LogP contribution in [0.4, 0.5) is 0 Å². The van der Waals surface area contributed by atoms with E-state index in [9.17, 15) is 0 Å². The second-order valence-electron chi connectivity index (χ2n) is 3.30. The van der Waals surface area contributed by atoms with Crippen molar-refractivity contribution in [3.63, 3.8) is 0 Å². The van der Waals surface area contributed by atoms with Gasteiger partial charge in [-0.2, -0.15) is 0 Å². The monoisotopic (exact) mass is 234 g/mol. The average molecular weight is 234 g/mol. The Balaban J connectivity index is 1.59. The van der Waals surface area contributed by atoms with Gasteiger partial charge in [0.1, 0.15) is 5.76 Å². The molecule has 2 heterocycles. The van der Waals surface area contributed by atoms with E-state index < -0.39 is 0 Å². The maximum Gasteiger partial charge on any atom is 0.126 e. The Kier molecular flexibility index (Phi) is 4.34. The van der Waals surface area contributed by atoms with E-state index in [1.165, 1.54) is 5.01 Å². The summed E-state index contributed by atoms with van der Waals surface area (Å²) in [7, 11) is 0. The number of aromatic nitrogens is 1. The standard InChI is InChI=1S/C12H14N2OS/c1(3-11-4-2-9-15-11)6-13-7-5-12-14-8-10-16-12/h1-4,8-10,13H,5-7H2/b3-1+. The number of rotatable bonds is 6. The Morgan fingerprint density at radius 2 is 2.50 bits per heavy atom. The van der Waals surface area contributed by atoms with E-state index >= 15 is 0 Å². The molecule has 2 rings (SSSR count). The second kappa shape index (κ2) is 6.25.